The number of benzene rings is 1. The molecule has 0 saturated carbocycles. The second-order valence-corrected chi connectivity index (χ2v) is 9.05. The van der Waals surface area contributed by atoms with Crippen LogP contribution in [0.15, 0.2) is 24.3 Å². The fourth-order valence-electron chi connectivity index (χ4n) is 4.49. The lowest BCUT2D eigenvalue weighted by Gasteiger charge is -2.35. The Bertz CT molecular complexity index is 1250. The number of aromatic nitrogens is 4. The summed E-state index contributed by atoms with van der Waals surface area (Å²) < 4.78 is 7.06. The van der Waals surface area contributed by atoms with Crippen molar-refractivity contribution in [3.8, 4) is 11.7 Å². The molecule has 1 fully saturated rings. The van der Waals surface area contributed by atoms with Crippen LogP contribution in [0.2, 0.25) is 0 Å². The molecule has 1 aromatic carbocycles. The molecule has 1 aliphatic heterocycles. The Kier molecular flexibility index (Phi) is 6.86. The number of piperazine rings is 1. The van der Waals surface area contributed by atoms with Crippen molar-refractivity contribution in [1.82, 2.24) is 29.5 Å². The first kappa shape index (κ1) is 24.4. The summed E-state index contributed by atoms with van der Waals surface area (Å²) in [5.74, 6) is 1.20. The van der Waals surface area contributed by atoms with Crippen LogP contribution >= 0.6 is 0 Å². The van der Waals surface area contributed by atoms with E-state index in [0.717, 1.165) is 33.9 Å². The van der Waals surface area contributed by atoms with Gasteiger partial charge >= 0.3 is 0 Å². The standard InChI is InChI=1S/C26H32N6O3/c1-16-7-8-21(14-23(16)35-6)25(34)31-11-9-30(10-12-31)24(33)15-22-19(4)29-32(20(22)5)26-27-17(2)13-18(3)28-26/h7-8,13-14H,9-12,15H2,1-6H3. The number of carbonyl (C=O) groups is 2. The molecule has 0 radical (unpaired) electrons. The topological polar surface area (TPSA) is 93.5 Å². The van der Waals surface area contributed by atoms with Gasteiger partial charge in [-0.25, -0.2) is 14.6 Å². The number of ether oxygens (including phenoxy) is 1. The molecule has 4 rings (SSSR count). The van der Waals surface area contributed by atoms with Crippen LogP contribution in [-0.2, 0) is 11.2 Å². The Hall–Kier alpha value is -3.75. The Morgan fingerprint density at radius 2 is 1.54 bits per heavy atom. The molecule has 0 atom stereocenters. The van der Waals surface area contributed by atoms with Crippen molar-refractivity contribution in [2.75, 3.05) is 33.3 Å². The summed E-state index contributed by atoms with van der Waals surface area (Å²) in [4.78, 5) is 38.7. The highest BCUT2D eigenvalue weighted by atomic mass is 16.5. The number of aryl methyl sites for hydroxylation is 4. The molecule has 2 aromatic heterocycles. The maximum atomic E-state index is 13.1. The molecule has 2 amide bonds. The number of hydrogen-bond acceptors (Lipinski definition) is 6. The number of rotatable bonds is 5. The van der Waals surface area contributed by atoms with Gasteiger partial charge in [-0.05, 0) is 58.4 Å². The number of amides is 2. The van der Waals surface area contributed by atoms with Gasteiger partial charge < -0.3 is 14.5 Å². The van der Waals surface area contributed by atoms with Crippen molar-refractivity contribution in [1.29, 1.82) is 0 Å². The van der Waals surface area contributed by atoms with Crippen LogP contribution in [0.5, 0.6) is 5.75 Å². The first-order valence-corrected chi connectivity index (χ1v) is 11.8. The van der Waals surface area contributed by atoms with Gasteiger partial charge in [-0.1, -0.05) is 6.07 Å². The lowest BCUT2D eigenvalue weighted by atomic mass is 10.1. The summed E-state index contributed by atoms with van der Waals surface area (Å²) in [5.41, 5.74) is 5.87. The van der Waals surface area contributed by atoms with Crippen LogP contribution < -0.4 is 4.74 Å². The van der Waals surface area contributed by atoms with Gasteiger partial charge in [-0.2, -0.15) is 5.10 Å². The van der Waals surface area contributed by atoms with E-state index in [9.17, 15) is 9.59 Å². The second-order valence-electron chi connectivity index (χ2n) is 9.05. The summed E-state index contributed by atoms with van der Waals surface area (Å²) in [7, 11) is 1.60. The first-order chi connectivity index (χ1) is 16.7. The third kappa shape index (κ3) is 5.03. The van der Waals surface area contributed by atoms with Crippen LogP contribution in [-0.4, -0.2) is 74.7 Å². The van der Waals surface area contributed by atoms with Gasteiger partial charge in [0.1, 0.15) is 5.75 Å². The summed E-state index contributed by atoms with van der Waals surface area (Å²) >= 11 is 0. The van der Waals surface area contributed by atoms with E-state index in [-0.39, 0.29) is 18.2 Å². The molecule has 3 heterocycles. The molecule has 1 saturated heterocycles. The minimum absolute atomic E-state index is 0.0289. The first-order valence-electron chi connectivity index (χ1n) is 11.8. The third-order valence-corrected chi connectivity index (χ3v) is 6.50. The van der Waals surface area contributed by atoms with Crippen molar-refractivity contribution in [3.05, 3.63) is 63.7 Å². The van der Waals surface area contributed by atoms with Gasteiger partial charge in [0.2, 0.25) is 5.91 Å². The second kappa shape index (κ2) is 9.85. The molecule has 0 N–H and O–H groups in total. The summed E-state index contributed by atoms with van der Waals surface area (Å²) in [6.07, 6.45) is 0.256. The molecule has 0 bridgehead atoms. The van der Waals surface area contributed by atoms with E-state index in [4.69, 9.17) is 4.74 Å². The van der Waals surface area contributed by atoms with Gasteiger partial charge in [-0.3, -0.25) is 9.59 Å². The minimum atomic E-state index is -0.0446. The maximum Gasteiger partial charge on any atom is 0.254 e. The Morgan fingerprint density at radius 1 is 0.914 bits per heavy atom. The zero-order chi connectivity index (χ0) is 25.3. The number of hydrogen-bond donors (Lipinski definition) is 0. The van der Waals surface area contributed by atoms with Gasteiger partial charge in [0.05, 0.1) is 19.2 Å². The number of nitrogens with zero attached hydrogens (tertiary/aromatic N) is 6. The van der Waals surface area contributed by atoms with E-state index >= 15 is 0 Å². The minimum Gasteiger partial charge on any atom is -0.496 e. The van der Waals surface area contributed by atoms with E-state index in [1.807, 2.05) is 57.7 Å². The quantitative estimate of drug-likeness (QED) is 0.562. The molecule has 35 heavy (non-hydrogen) atoms. The molecule has 0 unspecified atom stereocenters. The SMILES string of the molecule is COc1cc(C(=O)N2CCN(C(=O)Cc3c(C)nn(-c4nc(C)cc(C)n4)c3C)CC2)ccc1C. The largest absolute Gasteiger partial charge is 0.496 e. The maximum absolute atomic E-state index is 13.1. The fraction of sp³-hybridized carbons (Fsp3) is 0.423. The van der Waals surface area contributed by atoms with Crippen LogP contribution in [0.3, 0.4) is 0 Å². The highest BCUT2D eigenvalue weighted by Gasteiger charge is 2.27. The Morgan fingerprint density at radius 3 is 2.17 bits per heavy atom. The van der Waals surface area contributed by atoms with E-state index in [0.29, 0.717) is 43.4 Å². The highest BCUT2D eigenvalue weighted by molar-refractivity contribution is 5.95. The summed E-state index contributed by atoms with van der Waals surface area (Å²) in [5, 5.41) is 4.61. The molecular formula is C26H32N6O3. The third-order valence-electron chi connectivity index (χ3n) is 6.50. The number of carbonyl (C=O) groups excluding carboxylic acids is 2. The van der Waals surface area contributed by atoms with E-state index in [2.05, 4.69) is 15.1 Å². The van der Waals surface area contributed by atoms with E-state index in [1.54, 1.807) is 22.8 Å². The molecule has 184 valence electrons. The predicted octanol–water partition coefficient (Wildman–Crippen LogP) is 2.74. The molecular weight excluding hydrogens is 444 g/mol. The molecule has 9 nitrogen and oxygen atoms in total. The average Bonchev–Trinajstić information content (AvgIpc) is 3.11. The summed E-state index contributed by atoms with van der Waals surface area (Å²) in [6, 6.07) is 7.40. The van der Waals surface area contributed by atoms with Crippen molar-refractivity contribution >= 4 is 11.8 Å². The zero-order valence-electron chi connectivity index (χ0n) is 21.3. The fourth-order valence-corrected chi connectivity index (χ4v) is 4.49. The lowest BCUT2D eigenvalue weighted by molar-refractivity contribution is -0.131. The Labute approximate surface area is 205 Å². The average molecular weight is 477 g/mol. The van der Waals surface area contributed by atoms with Gasteiger partial charge in [0.15, 0.2) is 0 Å². The predicted molar refractivity (Wildman–Crippen MR) is 132 cm³/mol. The molecule has 3 aromatic rings. The molecule has 1 aliphatic rings. The zero-order valence-corrected chi connectivity index (χ0v) is 21.3. The van der Waals surface area contributed by atoms with Crippen molar-refractivity contribution < 1.29 is 14.3 Å². The lowest BCUT2D eigenvalue weighted by Crippen LogP contribution is -2.51. The van der Waals surface area contributed by atoms with Gasteiger partial charge in [0, 0.05) is 54.4 Å². The van der Waals surface area contributed by atoms with Crippen LogP contribution in [0, 0.1) is 34.6 Å². The molecule has 0 spiro atoms. The van der Waals surface area contributed by atoms with Crippen molar-refractivity contribution in [2.45, 2.75) is 41.0 Å². The van der Waals surface area contributed by atoms with Crippen molar-refractivity contribution in [2.24, 2.45) is 0 Å². The molecule has 0 aliphatic carbocycles. The van der Waals surface area contributed by atoms with Crippen LogP contribution in [0.4, 0.5) is 0 Å². The normalized spacial score (nSPS) is 13.8. The van der Waals surface area contributed by atoms with E-state index < -0.39 is 0 Å². The highest BCUT2D eigenvalue weighted by Crippen LogP contribution is 2.21. The number of methoxy groups -OCH3 is 1. The smallest absolute Gasteiger partial charge is 0.254 e. The molecule has 9 heteroatoms. The van der Waals surface area contributed by atoms with Crippen molar-refractivity contribution in [3.63, 3.8) is 0 Å². The Balaban J connectivity index is 1.41. The van der Waals surface area contributed by atoms with Crippen LogP contribution in [0.25, 0.3) is 5.95 Å². The summed E-state index contributed by atoms with van der Waals surface area (Å²) in [6.45, 7) is 11.6. The van der Waals surface area contributed by atoms with Gasteiger partial charge in [-0.15, -0.1) is 0 Å². The van der Waals surface area contributed by atoms with E-state index in [1.165, 1.54) is 0 Å². The van der Waals surface area contributed by atoms with Crippen LogP contribution in [0.1, 0.15) is 44.3 Å². The van der Waals surface area contributed by atoms with Gasteiger partial charge in [0.25, 0.3) is 11.9 Å². The monoisotopic (exact) mass is 476 g/mol.